The molecule has 0 radical (unpaired) electrons. The standard InChI is InChI=1S/C13H14FN3O2/c14-11-4-3-8(15)6-10(11)13-16-12(17-19-13)7-9-2-1-5-18-9/h3-4,6,9H,1-2,5,7,15H2. The van der Waals surface area contributed by atoms with E-state index in [9.17, 15) is 4.39 Å². The quantitative estimate of drug-likeness (QED) is 0.859. The van der Waals surface area contributed by atoms with Crippen molar-refractivity contribution in [1.82, 2.24) is 10.1 Å². The molecule has 0 aliphatic carbocycles. The highest BCUT2D eigenvalue weighted by Gasteiger charge is 2.20. The van der Waals surface area contributed by atoms with Crippen molar-refractivity contribution in [3.63, 3.8) is 0 Å². The molecule has 5 nitrogen and oxygen atoms in total. The Morgan fingerprint density at radius 3 is 3.11 bits per heavy atom. The largest absolute Gasteiger partial charge is 0.399 e. The third-order valence-corrected chi connectivity index (χ3v) is 3.12. The molecule has 1 saturated heterocycles. The highest BCUT2D eigenvalue weighted by Crippen LogP contribution is 2.24. The van der Waals surface area contributed by atoms with Crippen molar-refractivity contribution in [3.8, 4) is 11.5 Å². The van der Waals surface area contributed by atoms with Crippen LogP contribution in [0.15, 0.2) is 22.7 Å². The molecule has 1 unspecified atom stereocenters. The van der Waals surface area contributed by atoms with Crippen LogP contribution < -0.4 is 5.73 Å². The van der Waals surface area contributed by atoms with Gasteiger partial charge >= 0.3 is 0 Å². The van der Waals surface area contributed by atoms with Gasteiger partial charge in [0, 0.05) is 18.7 Å². The number of anilines is 1. The third-order valence-electron chi connectivity index (χ3n) is 3.12. The molecule has 2 N–H and O–H groups in total. The maximum absolute atomic E-state index is 13.7. The van der Waals surface area contributed by atoms with Crippen LogP contribution in [0.5, 0.6) is 0 Å². The summed E-state index contributed by atoms with van der Waals surface area (Å²) in [4.78, 5) is 4.19. The van der Waals surface area contributed by atoms with Crippen molar-refractivity contribution >= 4 is 5.69 Å². The van der Waals surface area contributed by atoms with Gasteiger partial charge < -0.3 is 15.0 Å². The van der Waals surface area contributed by atoms with Crippen LogP contribution in [-0.4, -0.2) is 22.9 Å². The van der Waals surface area contributed by atoms with Gasteiger partial charge in [0.25, 0.3) is 5.89 Å². The first-order valence-electron chi connectivity index (χ1n) is 6.22. The van der Waals surface area contributed by atoms with E-state index in [-0.39, 0.29) is 17.6 Å². The lowest BCUT2D eigenvalue weighted by Crippen LogP contribution is -2.09. The second kappa shape index (κ2) is 4.97. The number of aromatic nitrogens is 2. The van der Waals surface area contributed by atoms with Gasteiger partial charge in [-0.05, 0) is 31.0 Å². The minimum Gasteiger partial charge on any atom is -0.399 e. The molecule has 19 heavy (non-hydrogen) atoms. The van der Waals surface area contributed by atoms with Crippen molar-refractivity contribution in [2.24, 2.45) is 0 Å². The van der Waals surface area contributed by atoms with Crippen LogP contribution in [0.3, 0.4) is 0 Å². The van der Waals surface area contributed by atoms with Gasteiger partial charge in [0.05, 0.1) is 11.7 Å². The predicted molar refractivity (Wildman–Crippen MR) is 66.8 cm³/mol. The van der Waals surface area contributed by atoms with Crippen LogP contribution in [0, 0.1) is 5.82 Å². The minimum absolute atomic E-state index is 0.135. The number of hydrogen-bond donors (Lipinski definition) is 1. The maximum Gasteiger partial charge on any atom is 0.260 e. The van der Waals surface area contributed by atoms with Crippen molar-refractivity contribution in [1.29, 1.82) is 0 Å². The molecule has 1 fully saturated rings. The van der Waals surface area contributed by atoms with Crippen LogP contribution in [0.25, 0.3) is 11.5 Å². The summed E-state index contributed by atoms with van der Waals surface area (Å²) in [5.41, 5.74) is 6.31. The molecule has 1 aromatic carbocycles. The van der Waals surface area contributed by atoms with E-state index in [4.69, 9.17) is 15.0 Å². The molecule has 0 bridgehead atoms. The molecule has 1 aliphatic rings. The first kappa shape index (κ1) is 12.1. The van der Waals surface area contributed by atoms with Crippen LogP contribution in [0.2, 0.25) is 0 Å². The Bertz CT molecular complexity index is 579. The number of hydrogen-bond acceptors (Lipinski definition) is 5. The smallest absolute Gasteiger partial charge is 0.260 e. The number of nitrogen functional groups attached to an aromatic ring is 1. The molecule has 1 aromatic heterocycles. The average Bonchev–Trinajstić information content (AvgIpc) is 3.04. The SMILES string of the molecule is Nc1ccc(F)c(-c2nc(CC3CCCO3)no2)c1. The third kappa shape index (κ3) is 2.58. The molecular formula is C13H14FN3O2. The predicted octanol–water partition coefficient (Wildman–Crippen LogP) is 2.18. The van der Waals surface area contributed by atoms with Gasteiger partial charge in [0.1, 0.15) is 5.82 Å². The molecule has 2 aromatic rings. The summed E-state index contributed by atoms with van der Waals surface area (Å²) in [6.07, 6.45) is 2.78. The van der Waals surface area contributed by atoms with Gasteiger partial charge in [-0.2, -0.15) is 4.98 Å². The molecule has 3 rings (SSSR count). The van der Waals surface area contributed by atoms with Gasteiger partial charge in [-0.3, -0.25) is 0 Å². The van der Waals surface area contributed by atoms with E-state index in [2.05, 4.69) is 10.1 Å². The fourth-order valence-electron chi connectivity index (χ4n) is 2.16. The first-order valence-corrected chi connectivity index (χ1v) is 6.22. The summed E-state index contributed by atoms with van der Waals surface area (Å²) in [6, 6.07) is 4.26. The first-order chi connectivity index (χ1) is 9.22. The Labute approximate surface area is 109 Å². The zero-order valence-electron chi connectivity index (χ0n) is 10.3. The van der Waals surface area contributed by atoms with E-state index >= 15 is 0 Å². The maximum atomic E-state index is 13.7. The number of halogens is 1. The highest BCUT2D eigenvalue weighted by atomic mass is 19.1. The van der Waals surface area contributed by atoms with Crippen LogP contribution >= 0.6 is 0 Å². The Hall–Kier alpha value is -1.95. The van der Waals surface area contributed by atoms with Gasteiger partial charge in [0.15, 0.2) is 5.82 Å². The lowest BCUT2D eigenvalue weighted by atomic mass is 10.1. The summed E-state index contributed by atoms with van der Waals surface area (Å²) in [5.74, 6) is 0.253. The monoisotopic (exact) mass is 263 g/mol. The van der Waals surface area contributed by atoms with Gasteiger partial charge in [-0.1, -0.05) is 5.16 Å². The molecule has 0 spiro atoms. The van der Waals surface area contributed by atoms with E-state index in [1.165, 1.54) is 18.2 Å². The van der Waals surface area contributed by atoms with E-state index in [0.717, 1.165) is 19.4 Å². The van der Waals surface area contributed by atoms with Crippen molar-refractivity contribution in [2.45, 2.75) is 25.4 Å². The molecular weight excluding hydrogens is 249 g/mol. The fourth-order valence-corrected chi connectivity index (χ4v) is 2.16. The normalized spacial score (nSPS) is 18.9. The zero-order chi connectivity index (χ0) is 13.2. The van der Waals surface area contributed by atoms with Crippen LogP contribution in [0.4, 0.5) is 10.1 Å². The summed E-state index contributed by atoms with van der Waals surface area (Å²) in [7, 11) is 0. The fraction of sp³-hybridized carbons (Fsp3) is 0.385. The molecule has 6 heteroatoms. The molecule has 1 aliphatic heterocycles. The summed E-state index contributed by atoms with van der Waals surface area (Å²) < 4.78 is 24.2. The van der Waals surface area contributed by atoms with Gasteiger partial charge in [-0.25, -0.2) is 4.39 Å². The van der Waals surface area contributed by atoms with E-state index in [1.807, 2.05) is 0 Å². The van der Waals surface area contributed by atoms with E-state index in [0.29, 0.717) is 17.9 Å². The Morgan fingerprint density at radius 2 is 2.32 bits per heavy atom. The summed E-state index contributed by atoms with van der Waals surface area (Å²) >= 11 is 0. The van der Waals surface area contributed by atoms with E-state index < -0.39 is 5.82 Å². The van der Waals surface area contributed by atoms with E-state index in [1.54, 1.807) is 0 Å². The molecule has 0 amide bonds. The van der Waals surface area contributed by atoms with Gasteiger partial charge in [-0.15, -0.1) is 0 Å². The highest BCUT2D eigenvalue weighted by molar-refractivity contribution is 5.60. The number of nitrogens with two attached hydrogens (primary N) is 1. The van der Waals surface area contributed by atoms with Gasteiger partial charge in [0.2, 0.25) is 0 Å². The lowest BCUT2D eigenvalue weighted by Gasteiger charge is -2.03. The number of benzene rings is 1. The van der Waals surface area contributed by atoms with Crippen molar-refractivity contribution < 1.29 is 13.7 Å². The molecule has 2 heterocycles. The minimum atomic E-state index is -0.429. The number of ether oxygens (including phenoxy) is 1. The number of rotatable bonds is 3. The molecule has 0 saturated carbocycles. The number of nitrogens with zero attached hydrogens (tertiary/aromatic N) is 2. The van der Waals surface area contributed by atoms with Crippen molar-refractivity contribution in [3.05, 3.63) is 29.8 Å². The Morgan fingerprint density at radius 1 is 1.42 bits per heavy atom. The average molecular weight is 263 g/mol. The Balaban J connectivity index is 1.82. The lowest BCUT2D eigenvalue weighted by molar-refractivity contribution is 0.109. The molecule has 1 atom stereocenters. The summed E-state index contributed by atoms with van der Waals surface area (Å²) in [6.45, 7) is 0.777. The summed E-state index contributed by atoms with van der Waals surface area (Å²) in [5, 5.41) is 3.85. The topological polar surface area (TPSA) is 74.2 Å². The zero-order valence-corrected chi connectivity index (χ0v) is 10.3. The van der Waals surface area contributed by atoms with Crippen LogP contribution in [-0.2, 0) is 11.2 Å². The second-order valence-electron chi connectivity index (χ2n) is 4.59. The molecule has 100 valence electrons. The second-order valence-corrected chi connectivity index (χ2v) is 4.59. The van der Waals surface area contributed by atoms with Crippen molar-refractivity contribution in [2.75, 3.05) is 12.3 Å². The van der Waals surface area contributed by atoms with Crippen LogP contribution in [0.1, 0.15) is 18.7 Å². The Kier molecular flexibility index (Phi) is 3.16.